The van der Waals surface area contributed by atoms with Crippen LogP contribution in [0.15, 0.2) is 53.8 Å². The number of aryl methyl sites for hydroxylation is 1. The van der Waals surface area contributed by atoms with E-state index in [1.807, 2.05) is 41.1 Å². The highest BCUT2D eigenvalue weighted by atomic mass is 127. The summed E-state index contributed by atoms with van der Waals surface area (Å²) in [5.41, 5.74) is 3.50. The Morgan fingerprint density at radius 2 is 2.08 bits per heavy atom. The minimum Gasteiger partial charge on any atom is -0.356 e. The van der Waals surface area contributed by atoms with Gasteiger partial charge in [-0.25, -0.2) is 9.37 Å². The average Bonchev–Trinajstić information content (AvgIpc) is 3.03. The van der Waals surface area contributed by atoms with Crippen molar-refractivity contribution >= 4 is 35.6 Å². The molecule has 5 nitrogen and oxygen atoms in total. The van der Waals surface area contributed by atoms with Gasteiger partial charge in [-0.3, -0.25) is 4.99 Å². The van der Waals surface area contributed by atoms with E-state index in [0.29, 0.717) is 24.6 Å². The maximum absolute atomic E-state index is 13.6. The molecule has 2 N–H and O–H groups in total. The maximum atomic E-state index is 13.6. The Morgan fingerprint density at radius 3 is 2.81 bits per heavy atom. The number of halogens is 2. The summed E-state index contributed by atoms with van der Waals surface area (Å²) in [7, 11) is 1.72. The molecule has 0 atom stereocenters. The number of hydrogen-bond donors (Lipinski definition) is 2. The first-order valence-corrected chi connectivity index (χ1v) is 8.28. The fraction of sp³-hybridized carbons (Fsp3) is 0.263. The number of guanidine groups is 1. The number of aliphatic imine (C=N–C) groups is 1. The van der Waals surface area contributed by atoms with Crippen LogP contribution in [-0.2, 0) is 13.0 Å². The molecule has 0 unspecified atom stereocenters. The van der Waals surface area contributed by atoms with Gasteiger partial charge in [0.2, 0.25) is 0 Å². The van der Waals surface area contributed by atoms with Gasteiger partial charge in [-0.2, -0.15) is 0 Å². The van der Waals surface area contributed by atoms with Crippen LogP contribution in [0.2, 0.25) is 0 Å². The zero-order valence-electron chi connectivity index (χ0n) is 14.9. The molecule has 3 rings (SSSR count). The lowest BCUT2D eigenvalue weighted by Gasteiger charge is -2.11. The van der Waals surface area contributed by atoms with Crippen LogP contribution in [0.5, 0.6) is 0 Å². The van der Waals surface area contributed by atoms with Gasteiger partial charge in [0.1, 0.15) is 11.5 Å². The quantitative estimate of drug-likeness (QED) is 0.344. The lowest BCUT2D eigenvalue weighted by atomic mass is 10.1. The molecule has 0 radical (unpaired) electrons. The molecule has 26 heavy (non-hydrogen) atoms. The van der Waals surface area contributed by atoms with E-state index in [1.165, 1.54) is 0 Å². The summed E-state index contributed by atoms with van der Waals surface area (Å²) < 4.78 is 15.6. The predicted octanol–water partition coefficient (Wildman–Crippen LogP) is 3.31. The number of fused-ring (bicyclic) bond motifs is 1. The summed E-state index contributed by atoms with van der Waals surface area (Å²) in [6.07, 6.45) is 4.81. The minimum absolute atomic E-state index is 0. The molecule has 2 heterocycles. The zero-order valence-corrected chi connectivity index (χ0v) is 17.2. The Bertz CT molecular complexity index is 858. The SMILES string of the molecule is CN=C(NCCc1cn2ccccc2n1)NCc1ccc(C)c(F)c1.I. The number of imidazole rings is 1. The molecule has 0 saturated carbocycles. The van der Waals surface area contributed by atoms with Gasteiger partial charge < -0.3 is 15.0 Å². The molecule has 0 spiro atoms. The van der Waals surface area contributed by atoms with Gasteiger partial charge in [-0.15, -0.1) is 24.0 Å². The Labute approximate surface area is 169 Å². The molecular weight excluding hydrogens is 444 g/mol. The smallest absolute Gasteiger partial charge is 0.191 e. The molecule has 0 saturated heterocycles. The fourth-order valence-corrected chi connectivity index (χ4v) is 2.57. The van der Waals surface area contributed by atoms with Crippen molar-refractivity contribution in [2.45, 2.75) is 19.9 Å². The second-order valence-corrected chi connectivity index (χ2v) is 5.88. The van der Waals surface area contributed by atoms with E-state index in [0.717, 1.165) is 23.3 Å². The Kier molecular flexibility index (Phi) is 7.38. The Morgan fingerprint density at radius 1 is 1.23 bits per heavy atom. The van der Waals surface area contributed by atoms with Crippen molar-refractivity contribution in [3.8, 4) is 0 Å². The second-order valence-electron chi connectivity index (χ2n) is 5.88. The summed E-state index contributed by atoms with van der Waals surface area (Å²) in [5, 5.41) is 6.45. The van der Waals surface area contributed by atoms with Crippen molar-refractivity contribution in [2.75, 3.05) is 13.6 Å². The largest absolute Gasteiger partial charge is 0.356 e. The monoisotopic (exact) mass is 467 g/mol. The molecule has 0 amide bonds. The van der Waals surface area contributed by atoms with Crippen molar-refractivity contribution in [3.05, 3.63) is 71.4 Å². The summed E-state index contributed by atoms with van der Waals surface area (Å²) in [6, 6.07) is 11.2. The highest BCUT2D eigenvalue weighted by Crippen LogP contribution is 2.09. The van der Waals surface area contributed by atoms with Gasteiger partial charge in [-0.05, 0) is 36.2 Å². The average molecular weight is 467 g/mol. The number of hydrogen-bond acceptors (Lipinski definition) is 2. The van der Waals surface area contributed by atoms with E-state index in [4.69, 9.17) is 0 Å². The van der Waals surface area contributed by atoms with E-state index in [9.17, 15) is 4.39 Å². The standard InChI is InChI=1S/C19H22FN5.HI/c1-14-6-7-15(11-17(14)20)12-23-19(21-2)22-9-8-16-13-25-10-4-3-5-18(25)24-16;/h3-7,10-11,13H,8-9,12H2,1-2H3,(H2,21,22,23);1H. The van der Waals surface area contributed by atoms with E-state index in [1.54, 1.807) is 26.1 Å². The number of nitrogens with one attached hydrogen (secondary N) is 2. The molecule has 7 heteroatoms. The minimum atomic E-state index is -0.186. The van der Waals surface area contributed by atoms with Gasteiger partial charge in [0, 0.05) is 39.0 Å². The van der Waals surface area contributed by atoms with Gasteiger partial charge >= 0.3 is 0 Å². The van der Waals surface area contributed by atoms with Gasteiger partial charge in [0.05, 0.1) is 5.69 Å². The van der Waals surface area contributed by atoms with Crippen molar-refractivity contribution < 1.29 is 4.39 Å². The third-order valence-electron chi connectivity index (χ3n) is 4.01. The third kappa shape index (κ3) is 5.17. The molecule has 0 bridgehead atoms. The van der Waals surface area contributed by atoms with Crippen molar-refractivity contribution in [2.24, 2.45) is 4.99 Å². The summed E-state index contributed by atoms with van der Waals surface area (Å²) >= 11 is 0. The van der Waals surface area contributed by atoms with E-state index >= 15 is 0 Å². The first kappa shape index (κ1) is 20.2. The normalized spacial score (nSPS) is 11.3. The number of pyridine rings is 1. The van der Waals surface area contributed by atoms with Gasteiger partial charge in [-0.1, -0.05) is 18.2 Å². The zero-order chi connectivity index (χ0) is 17.6. The van der Waals surface area contributed by atoms with Crippen molar-refractivity contribution in [1.82, 2.24) is 20.0 Å². The Balaban J connectivity index is 0.00000243. The van der Waals surface area contributed by atoms with E-state index in [-0.39, 0.29) is 29.8 Å². The van der Waals surface area contributed by atoms with Crippen LogP contribution in [0.1, 0.15) is 16.8 Å². The molecule has 0 aliphatic carbocycles. The number of benzene rings is 1. The van der Waals surface area contributed by atoms with E-state index < -0.39 is 0 Å². The fourth-order valence-electron chi connectivity index (χ4n) is 2.57. The third-order valence-corrected chi connectivity index (χ3v) is 4.01. The molecule has 0 aliphatic heterocycles. The maximum Gasteiger partial charge on any atom is 0.191 e. The summed E-state index contributed by atoms with van der Waals surface area (Å²) in [6.45, 7) is 2.99. The van der Waals surface area contributed by atoms with Gasteiger partial charge in [0.15, 0.2) is 5.96 Å². The van der Waals surface area contributed by atoms with Crippen molar-refractivity contribution in [3.63, 3.8) is 0 Å². The molecule has 0 fully saturated rings. The number of rotatable bonds is 5. The first-order valence-electron chi connectivity index (χ1n) is 8.28. The van der Waals surface area contributed by atoms with Crippen molar-refractivity contribution in [1.29, 1.82) is 0 Å². The van der Waals surface area contributed by atoms with E-state index in [2.05, 4.69) is 20.6 Å². The van der Waals surface area contributed by atoms with Crippen LogP contribution in [0.4, 0.5) is 4.39 Å². The molecular formula is C19H23FIN5. The lowest BCUT2D eigenvalue weighted by Crippen LogP contribution is -2.37. The molecule has 2 aromatic heterocycles. The Hall–Kier alpha value is -2.16. The summed E-state index contributed by atoms with van der Waals surface area (Å²) in [5.74, 6) is 0.499. The number of nitrogens with zero attached hydrogens (tertiary/aromatic N) is 3. The predicted molar refractivity (Wildman–Crippen MR) is 114 cm³/mol. The number of aromatic nitrogens is 2. The lowest BCUT2D eigenvalue weighted by molar-refractivity contribution is 0.615. The molecule has 138 valence electrons. The van der Waals surface area contributed by atoms with Crippen LogP contribution in [-0.4, -0.2) is 28.9 Å². The molecule has 3 aromatic rings. The highest BCUT2D eigenvalue weighted by Gasteiger charge is 2.03. The highest BCUT2D eigenvalue weighted by molar-refractivity contribution is 14.0. The molecule has 0 aliphatic rings. The van der Waals surface area contributed by atoms with Gasteiger partial charge in [0.25, 0.3) is 0 Å². The van der Waals surface area contributed by atoms with Crippen LogP contribution < -0.4 is 10.6 Å². The van der Waals surface area contributed by atoms with Crippen LogP contribution in [0.25, 0.3) is 5.65 Å². The second kappa shape index (κ2) is 9.51. The van der Waals surface area contributed by atoms with Crippen LogP contribution >= 0.6 is 24.0 Å². The van der Waals surface area contributed by atoms with Crippen LogP contribution in [0, 0.1) is 12.7 Å². The summed E-state index contributed by atoms with van der Waals surface area (Å²) in [4.78, 5) is 8.76. The molecule has 1 aromatic carbocycles. The topological polar surface area (TPSA) is 53.7 Å². The van der Waals surface area contributed by atoms with Crippen LogP contribution in [0.3, 0.4) is 0 Å². The first-order chi connectivity index (χ1) is 12.2.